The van der Waals surface area contributed by atoms with E-state index in [1.807, 2.05) is 0 Å². The molecule has 0 radical (unpaired) electrons. The summed E-state index contributed by atoms with van der Waals surface area (Å²) in [6, 6.07) is 0. The molecular weight excluding hydrogens is 298 g/mol. The van der Waals surface area contributed by atoms with Gasteiger partial charge in [0.1, 0.15) is 6.29 Å². The number of carbonyl (C=O) groups excluding carboxylic acids is 1. The fraction of sp³-hybridized carbons (Fsp3) is 0.583. The molecule has 2 rings (SSSR count). The molecule has 0 N–H and O–H groups in total. The number of hydrogen-bond acceptors (Lipinski definition) is 5. The molecule has 0 aromatic carbocycles. The zero-order valence-electron chi connectivity index (χ0n) is 11.9. The number of sulfonamides is 1. The number of aryl methyl sites for hydroxylation is 1. The van der Waals surface area contributed by atoms with Crippen molar-refractivity contribution in [2.75, 3.05) is 13.1 Å². The molecule has 1 unspecified atom stereocenters. The third kappa shape index (κ3) is 2.70. The summed E-state index contributed by atoms with van der Waals surface area (Å²) in [4.78, 5) is 34.1. The van der Waals surface area contributed by atoms with Crippen LogP contribution < -0.4 is 11.2 Å². The van der Waals surface area contributed by atoms with E-state index in [9.17, 15) is 22.8 Å². The van der Waals surface area contributed by atoms with Crippen LogP contribution in [-0.4, -0.2) is 41.2 Å². The van der Waals surface area contributed by atoms with Crippen molar-refractivity contribution in [2.24, 2.45) is 20.0 Å². The maximum atomic E-state index is 12.6. The zero-order chi connectivity index (χ0) is 15.8. The smallest absolute Gasteiger partial charge is 0.303 e. The summed E-state index contributed by atoms with van der Waals surface area (Å²) < 4.78 is 28.1. The topological polar surface area (TPSA) is 98.4 Å². The van der Waals surface area contributed by atoms with Crippen LogP contribution in [0.4, 0.5) is 0 Å². The number of rotatable bonds is 3. The summed E-state index contributed by atoms with van der Waals surface area (Å²) in [5, 5.41) is 0. The highest BCUT2D eigenvalue weighted by Crippen LogP contribution is 2.20. The average Bonchev–Trinajstić information content (AvgIpc) is 2.48. The number of aldehydes is 1. The van der Waals surface area contributed by atoms with Crippen molar-refractivity contribution in [3.05, 3.63) is 27.0 Å². The second-order valence-electron chi connectivity index (χ2n) is 5.15. The lowest BCUT2D eigenvalue weighted by Crippen LogP contribution is -2.45. The van der Waals surface area contributed by atoms with Gasteiger partial charge >= 0.3 is 5.69 Å². The molecule has 0 spiro atoms. The Balaban J connectivity index is 2.52. The first-order valence-electron chi connectivity index (χ1n) is 6.51. The Hall–Kier alpha value is -1.74. The van der Waals surface area contributed by atoms with E-state index in [1.165, 1.54) is 14.1 Å². The van der Waals surface area contributed by atoms with Gasteiger partial charge in [-0.25, -0.2) is 13.2 Å². The van der Waals surface area contributed by atoms with Crippen LogP contribution in [0.5, 0.6) is 0 Å². The SMILES string of the molecule is Cn1cc(S(=O)(=O)N2CCCC(C=O)C2)c(=O)n(C)c1=O. The molecule has 21 heavy (non-hydrogen) atoms. The first-order valence-corrected chi connectivity index (χ1v) is 7.95. The third-order valence-electron chi connectivity index (χ3n) is 3.65. The standard InChI is InChI=1S/C12H17N3O5S/c1-13-7-10(11(17)14(2)12(13)18)21(19,20)15-5-3-4-9(6-15)8-16/h7-9H,3-6H2,1-2H3. The van der Waals surface area contributed by atoms with Crippen LogP contribution in [0.25, 0.3) is 0 Å². The second-order valence-corrected chi connectivity index (χ2v) is 7.06. The van der Waals surface area contributed by atoms with Gasteiger partial charge in [-0.15, -0.1) is 0 Å². The Morgan fingerprint density at radius 3 is 2.57 bits per heavy atom. The van der Waals surface area contributed by atoms with E-state index < -0.39 is 26.2 Å². The van der Waals surface area contributed by atoms with E-state index in [-0.39, 0.29) is 19.0 Å². The van der Waals surface area contributed by atoms with E-state index in [1.54, 1.807) is 0 Å². The molecule has 1 fully saturated rings. The molecule has 1 aromatic heterocycles. The van der Waals surface area contributed by atoms with Crippen molar-refractivity contribution in [3.8, 4) is 0 Å². The summed E-state index contributed by atoms with van der Waals surface area (Å²) >= 11 is 0. The lowest BCUT2D eigenvalue weighted by molar-refractivity contribution is -0.112. The van der Waals surface area contributed by atoms with Crippen molar-refractivity contribution < 1.29 is 13.2 Å². The second kappa shape index (κ2) is 5.57. The van der Waals surface area contributed by atoms with Gasteiger partial charge < -0.3 is 9.36 Å². The number of nitrogens with zero attached hydrogens (tertiary/aromatic N) is 3. The minimum atomic E-state index is -4.02. The zero-order valence-corrected chi connectivity index (χ0v) is 12.7. The van der Waals surface area contributed by atoms with Gasteiger partial charge in [0.15, 0.2) is 4.90 Å². The van der Waals surface area contributed by atoms with Crippen LogP contribution in [0.15, 0.2) is 20.7 Å². The van der Waals surface area contributed by atoms with Gasteiger partial charge in [0.05, 0.1) is 0 Å². The van der Waals surface area contributed by atoms with Gasteiger partial charge in [-0.3, -0.25) is 9.36 Å². The molecule has 116 valence electrons. The van der Waals surface area contributed by atoms with Crippen molar-refractivity contribution in [3.63, 3.8) is 0 Å². The van der Waals surface area contributed by atoms with Crippen LogP contribution in [0.2, 0.25) is 0 Å². The Kier molecular flexibility index (Phi) is 4.15. The summed E-state index contributed by atoms with van der Waals surface area (Å²) in [6.07, 6.45) is 2.97. The van der Waals surface area contributed by atoms with Gasteiger partial charge in [0, 0.05) is 39.3 Å². The fourth-order valence-corrected chi connectivity index (χ4v) is 4.08. The first kappa shape index (κ1) is 15.6. The highest BCUT2D eigenvalue weighted by molar-refractivity contribution is 7.89. The van der Waals surface area contributed by atoms with Crippen molar-refractivity contribution >= 4 is 16.3 Å². The molecule has 8 nitrogen and oxygen atoms in total. The number of aromatic nitrogens is 2. The molecule has 0 aliphatic carbocycles. The first-order chi connectivity index (χ1) is 9.78. The molecule has 1 aliphatic rings. The third-order valence-corrected chi connectivity index (χ3v) is 5.49. The Morgan fingerprint density at radius 1 is 1.29 bits per heavy atom. The van der Waals surface area contributed by atoms with E-state index >= 15 is 0 Å². The van der Waals surface area contributed by atoms with Crippen LogP contribution >= 0.6 is 0 Å². The largest absolute Gasteiger partial charge is 0.330 e. The summed E-state index contributed by atoms with van der Waals surface area (Å²) in [5.74, 6) is -0.357. The van der Waals surface area contributed by atoms with Crippen LogP contribution in [-0.2, 0) is 28.9 Å². The van der Waals surface area contributed by atoms with Gasteiger partial charge in [-0.2, -0.15) is 4.31 Å². The molecule has 9 heteroatoms. The Bertz CT molecular complexity index is 777. The minimum Gasteiger partial charge on any atom is -0.303 e. The highest BCUT2D eigenvalue weighted by atomic mass is 32.2. The molecule has 0 saturated carbocycles. The molecule has 1 aliphatic heterocycles. The number of carbonyl (C=O) groups is 1. The maximum Gasteiger partial charge on any atom is 0.330 e. The highest BCUT2D eigenvalue weighted by Gasteiger charge is 2.32. The predicted molar refractivity (Wildman–Crippen MR) is 74.5 cm³/mol. The molecule has 1 saturated heterocycles. The predicted octanol–water partition coefficient (Wildman–Crippen LogP) is -1.32. The van der Waals surface area contributed by atoms with Crippen molar-refractivity contribution in [1.82, 2.24) is 13.4 Å². The monoisotopic (exact) mass is 315 g/mol. The van der Waals surface area contributed by atoms with E-state index in [4.69, 9.17) is 0 Å². The normalized spacial score (nSPS) is 20.4. The van der Waals surface area contributed by atoms with E-state index in [0.717, 1.165) is 25.9 Å². The quantitative estimate of drug-likeness (QED) is 0.645. The van der Waals surface area contributed by atoms with Gasteiger partial charge in [0.25, 0.3) is 5.56 Å². The van der Waals surface area contributed by atoms with Gasteiger partial charge in [-0.05, 0) is 12.8 Å². The van der Waals surface area contributed by atoms with Crippen LogP contribution in [0, 0.1) is 5.92 Å². The molecule has 0 bridgehead atoms. The van der Waals surface area contributed by atoms with Crippen LogP contribution in [0.3, 0.4) is 0 Å². The minimum absolute atomic E-state index is 0.0673. The molecular formula is C12H17N3O5S. The van der Waals surface area contributed by atoms with Gasteiger partial charge in [-0.1, -0.05) is 0 Å². The maximum absolute atomic E-state index is 12.6. The van der Waals surface area contributed by atoms with Crippen LogP contribution in [0.1, 0.15) is 12.8 Å². The Labute approximate surface area is 121 Å². The number of hydrogen-bond donors (Lipinski definition) is 0. The molecule has 1 atom stereocenters. The average molecular weight is 315 g/mol. The van der Waals surface area contributed by atoms with Gasteiger partial charge in [0.2, 0.25) is 10.0 Å². The molecule has 2 heterocycles. The number of piperidine rings is 1. The molecule has 0 amide bonds. The lowest BCUT2D eigenvalue weighted by atomic mass is 10.0. The fourth-order valence-electron chi connectivity index (χ4n) is 2.39. The van der Waals surface area contributed by atoms with Crippen molar-refractivity contribution in [1.29, 1.82) is 0 Å². The lowest BCUT2D eigenvalue weighted by Gasteiger charge is -2.29. The summed E-state index contributed by atoms with van der Waals surface area (Å²) in [5.41, 5.74) is -1.45. The summed E-state index contributed by atoms with van der Waals surface area (Å²) in [7, 11) is -1.41. The summed E-state index contributed by atoms with van der Waals surface area (Å²) in [6.45, 7) is 0.330. The van der Waals surface area contributed by atoms with E-state index in [0.29, 0.717) is 12.8 Å². The Morgan fingerprint density at radius 2 is 1.95 bits per heavy atom. The van der Waals surface area contributed by atoms with Crippen molar-refractivity contribution in [2.45, 2.75) is 17.7 Å². The van der Waals surface area contributed by atoms with E-state index in [2.05, 4.69) is 0 Å². The molecule has 1 aromatic rings.